The fourth-order valence-electron chi connectivity index (χ4n) is 2.12. The molecule has 0 bridgehead atoms. The number of aliphatic carboxylic acids is 1. The van der Waals surface area contributed by atoms with Crippen LogP contribution >= 0.6 is 0 Å². The molecule has 0 fully saturated rings. The minimum Gasteiger partial charge on any atom is -0.499 e. The molecule has 2 aromatic rings. The second-order valence-corrected chi connectivity index (χ2v) is 12.6. The lowest BCUT2D eigenvalue weighted by atomic mass is 10.4. The van der Waals surface area contributed by atoms with E-state index in [9.17, 15) is 9.59 Å². The fraction of sp³-hybridized carbons (Fsp3) is 0.500. The average molecular weight is 380 g/mol. The van der Waals surface area contributed by atoms with Crippen LogP contribution in [-0.4, -0.2) is 51.9 Å². The molecule has 0 aromatic carbocycles. The Labute approximate surface area is 151 Å². The number of carboxylic acids is 1. The summed E-state index contributed by atoms with van der Waals surface area (Å²) in [7, 11) is -1.17. The smallest absolute Gasteiger partial charge is 0.331 e. The van der Waals surface area contributed by atoms with Gasteiger partial charge in [0.2, 0.25) is 0 Å². The number of carbonyl (C=O) groups is 1. The summed E-state index contributed by atoms with van der Waals surface area (Å²) >= 11 is 0. The number of hydrogen-bond acceptors (Lipinski definition) is 6. The Bertz CT molecular complexity index is 837. The van der Waals surface area contributed by atoms with Gasteiger partial charge in [-0.25, -0.2) is 9.48 Å². The molecule has 0 amide bonds. The summed E-state index contributed by atoms with van der Waals surface area (Å²) in [5.41, 5.74) is 0.340. The molecule has 0 saturated heterocycles. The molecular weight excluding hydrogens is 356 g/mol. The van der Waals surface area contributed by atoms with E-state index in [1.807, 2.05) is 0 Å². The zero-order valence-corrected chi connectivity index (χ0v) is 16.2. The van der Waals surface area contributed by atoms with Crippen LogP contribution in [0.1, 0.15) is 0 Å². The molecule has 2 heterocycles. The Morgan fingerprint density at radius 1 is 1.23 bits per heavy atom. The minimum atomic E-state index is -1.17. The molecule has 1 N–H and O–H groups in total. The van der Waals surface area contributed by atoms with Crippen molar-refractivity contribution in [3.8, 4) is 0 Å². The van der Waals surface area contributed by atoms with Gasteiger partial charge in [0.15, 0.2) is 0 Å². The van der Waals surface area contributed by atoms with Gasteiger partial charge in [-0.1, -0.05) is 19.6 Å². The van der Waals surface area contributed by atoms with Crippen LogP contribution in [0.4, 0.5) is 0 Å². The predicted molar refractivity (Wildman–Crippen MR) is 98.6 cm³/mol. The zero-order chi connectivity index (χ0) is 19.2. The number of fused-ring (bicyclic) bond motifs is 1. The molecule has 0 aliphatic rings. The van der Waals surface area contributed by atoms with Crippen LogP contribution in [-0.2, 0) is 27.5 Å². The number of hydrogen-bond donors (Lipinski definition) is 1. The van der Waals surface area contributed by atoms with Gasteiger partial charge in [0, 0.05) is 14.7 Å². The van der Waals surface area contributed by atoms with Crippen molar-refractivity contribution in [1.82, 2.24) is 19.6 Å². The van der Waals surface area contributed by atoms with E-state index in [0.29, 0.717) is 24.1 Å². The van der Waals surface area contributed by atoms with Crippen molar-refractivity contribution in [2.24, 2.45) is 0 Å². The maximum absolute atomic E-state index is 12.5. The predicted octanol–water partition coefficient (Wildman–Crippen LogP) is 1.52. The van der Waals surface area contributed by atoms with E-state index in [-0.39, 0.29) is 18.9 Å². The molecular formula is C16H24N4O5Si. The summed E-state index contributed by atoms with van der Waals surface area (Å²) in [6.07, 6.45) is 5.07. The normalized spacial score (nSPS) is 12.1. The van der Waals surface area contributed by atoms with Gasteiger partial charge in [-0.2, -0.15) is 10.2 Å². The van der Waals surface area contributed by atoms with Gasteiger partial charge in [0.1, 0.15) is 13.3 Å². The number of ether oxygens (including phenoxy) is 2. The Hall–Kier alpha value is -2.46. The lowest BCUT2D eigenvalue weighted by molar-refractivity contribution is -0.131. The van der Waals surface area contributed by atoms with E-state index in [1.165, 1.54) is 10.9 Å². The molecule has 142 valence electrons. The molecule has 10 heteroatoms. The van der Waals surface area contributed by atoms with Crippen molar-refractivity contribution in [3.05, 3.63) is 35.1 Å². The molecule has 0 aliphatic heterocycles. The maximum atomic E-state index is 12.5. The van der Waals surface area contributed by atoms with Gasteiger partial charge in [-0.15, -0.1) is 0 Å². The molecule has 0 radical (unpaired) electrons. The monoisotopic (exact) mass is 380 g/mol. The molecule has 26 heavy (non-hydrogen) atoms. The highest BCUT2D eigenvalue weighted by Gasteiger charge is 2.13. The van der Waals surface area contributed by atoms with Gasteiger partial charge in [0.05, 0.1) is 42.2 Å². The summed E-state index contributed by atoms with van der Waals surface area (Å²) in [6, 6.07) is 1.03. The highest BCUT2D eigenvalue weighted by molar-refractivity contribution is 6.76. The summed E-state index contributed by atoms with van der Waals surface area (Å²) in [6.45, 7) is 8.12. The molecule has 0 saturated carbocycles. The molecule has 0 unspecified atom stereocenters. The van der Waals surface area contributed by atoms with Crippen LogP contribution in [0.5, 0.6) is 0 Å². The summed E-state index contributed by atoms with van der Waals surface area (Å²) in [5.74, 6) is -1.08. The van der Waals surface area contributed by atoms with Crippen LogP contribution in [0.3, 0.4) is 0 Å². The fourth-order valence-corrected chi connectivity index (χ4v) is 2.88. The van der Waals surface area contributed by atoms with Crippen molar-refractivity contribution >= 4 is 24.9 Å². The van der Waals surface area contributed by atoms with Crippen LogP contribution in [0.25, 0.3) is 10.9 Å². The first-order valence-electron chi connectivity index (χ1n) is 8.28. The largest absolute Gasteiger partial charge is 0.499 e. The topological polar surface area (TPSA) is 108 Å². The van der Waals surface area contributed by atoms with Crippen molar-refractivity contribution in [2.75, 3.05) is 13.2 Å². The molecule has 0 atom stereocenters. The van der Waals surface area contributed by atoms with Crippen molar-refractivity contribution in [3.63, 3.8) is 0 Å². The first kappa shape index (κ1) is 19.9. The van der Waals surface area contributed by atoms with Gasteiger partial charge in [-0.3, -0.25) is 9.48 Å². The van der Waals surface area contributed by atoms with E-state index in [2.05, 4.69) is 29.8 Å². The lowest BCUT2D eigenvalue weighted by Gasteiger charge is -2.15. The van der Waals surface area contributed by atoms with Crippen LogP contribution in [0.2, 0.25) is 25.7 Å². The minimum absolute atomic E-state index is 0.119. The molecule has 0 spiro atoms. The van der Waals surface area contributed by atoms with E-state index in [4.69, 9.17) is 14.6 Å². The van der Waals surface area contributed by atoms with Crippen molar-refractivity contribution < 1.29 is 19.4 Å². The second kappa shape index (κ2) is 8.76. The van der Waals surface area contributed by atoms with Gasteiger partial charge in [0.25, 0.3) is 5.56 Å². The van der Waals surface area contributed by atoms with Crippen LogP contribution in [0, 0.1) is 0 Å². The second-order valence-electron chi connectivity index (χ2n) is 6.98. The molecule has 2 aromatic heterocycles. The number of nitrogens with zero attached hydrogens (tertiary/aromatic N) is 4. The summed E-state index contributed by atoms with van der Waals surface area (Å²) in [4.78, 5) is 22.8. The Kier molecular flexibility index (Phi) is 6.69. The number of rotatable bonds is 10. The third kappa shape index (κ3) is 5.81. The quantitative estimate of drug-likeness (QED) is 0.288. The summed E-state index contributed by atoms with van der Waals surface area (Å²) in [5, 5.41) is 17.2. The van der Waals surface area contributed by atoms with Crippen molar-refractivity contribution in [2.45, 2.75) is 39.0 Å². The Morgan fingerprint density at radius 3 is 2.65 bits per heavy atom. The Morgan fingerprint density at radius 2 is 1.96 bits per heavy atom. The van der Waals surface area contributed by atoms with E-state index in [1.54, 1.807) is 10.9 Å². The van der Waals surface area contributed by atoms with Gasteiger partial charge in [-0.05, 0) is 6.04 Å². The standard InChI is InChI=1S/C16H24N4O5Si/c1-26(2,3)9-8-25-12-20-16(23)13-10-17-19(14(13)11-18-20)5-7-24-6-4-15(21)22/h4,6,10-11H,5,7-9,12H2,1-3H3,(H,21,22)/b6-4+. The van der Waals surface area contributed by atoms with Crippen LogP contribution < -0.4 is 5.56 Å². The van der Waals surface area contributed by atoms with Gasteiger partial charge >= 0.3 is 5.97 Å². The first-order valence-corrected chi connectivity index (χ1v) is 12.0. The van der Waals surface area contributed by atoms with E-state index < -0.39 is 14.0 Å². The van der Waals surface area contributed by atoms with E-state index in [0.717, 1.165) is 18.4 Å². The van der Waals surface area contributed by atoms with E-state index >= 15 is 0 Å². The molecule has 2 rings (SSSR count). The van der Waals surface area contributed by atoms with Crippen LogP contribution in [0.15, 0.2) is 29.5 Å². The molecule has 9 nitrogen and oxygen atoms in total. The zero-order valence-electron chi connectivity index (χ0n) is 15.2. The highest BCUT2D eigenvalue weighted by Crippen LogP contribution is 2.09. The first-order chi connectivity index (χ1) is 12.3. The summed E-state index contributed by atoms with van der Waals surface area (Å²) < 4.78 is 13.5. The number of carboxylic acid groups (broad SMARTS) is 1. The highest BCUT2D eigenvalue weighted by atomic mass is 28.3. The number of aromatic nitrogens is 4. The third-order valence-electron chi connectivity index (χ3n) is 3.60. The Balaban J connectivity index is 1.97. The van der Waals surface area contributed by atoms with Crippen molar-refractivity contribution in [1.29, 1.82) is 0 Å². The lowest BCUT2D eigenvalue weighted by Crippen LogP contribution is -2.26. The SMILES string of the molecule is C[Si](C)(C)CCOCn1ncc2c(cnn2CCO/C=C/C(=O)O)c1=O. The molecule has 0 aliphatic carbocycles. The van der Waals surface area contributed by atoms with Gasteiger partial charge < -0.3 is 14.6 Å². The maximum Gasteiger partial charge on any atom is 0.331 e. The third-order valence-corrected chi connectivity index (χ3v) is 5.31. The average Bonchev–Trinajstić information content (AvgIpc) is 2.96.